The second-order valence-corrected chi connectivity index (χ2v) is 6.17. The molecule has 134 valence electrons. The molecular weight excluding hydrogens is 318 g/mol. The van der Waals surface area contributed by atoms with Crippen molar-refractivity contribution in [1.29, 1.82) is 0 Å². The first-order valence-electron chi connectivity index (χ1n) is 8.60. The van der Waals surface area contributed by atoms with Gasteiger partial charge in [-0.25, -0.2) is 4.79 Å². The molecule has 2 aromatic rings. The molecule has 25 heavy (non-hydrogen) atoms. The number of esters is 1. The number of nitrogens with one attached hydrogen (secondary N) is 1. The van der Waals surface area contributed by atoms with Crippen molar-refractivity contribution in [2.75, 3.05) is 7.11 Å². The molecule has 5 nitrogen and oxygen atoms in total. The molecule has 1 amide bonds. The highest BCUT2D eigenvalue weighted by atomic mass is 16.5. The lowest BCUT2D eigenvalue weighted by molar-refractivity contribution is -0.148. The number of fused-ring (bicyclic) bond motifs is 1. The summed E-state index contributed by atoms with van der Waals surface area (Å²) in [5.41, 5.74) is -0.933. The van der Waals surface area contributed by atoms with E-state index in [0.29, 0.717) is 18.2 Å². The van der Waals surface area contributed by atoms with Crippen LogP contribution in [0.3, 0.4) is 0 Å². The number of phenols is 1. The van der Waals surface area contributed by atoms with Gasteiger partial charge in [0.15, 0.2) is 0 Å². The number of carbonyl (C=O) groups excluding carboxylic acids is 2. The number of aromatic hydroxyl groups is 1. The van der Waals surface area contributed by atoms with Gasteiger partial charge in [-0.3, -0.25) is 4.79 Å². The van der Waals surface area contributed by atoms with Crippen LogP contribution in [0.4, 0.5) is 0 Å². The first-order valence-corrected chi connectivity index (χ1v) is 8.60. The van der Waals surface area contributed by atoms with Gasteiger partial charge in [-0.1, -0.05) is 57.0 Å². The van der Waals surface area contributed by atoms with Crippen LogP contribution in [0.15, 0.2) is 36.4 Å². The van der Waals surface area contributed by atoms with E-state index in [1.807, 2.05) is 26.0 Å². The zero-order chi connectivity index (χ0) is 18.4. The van der Waals surface area contributed by atoms with Crippen molar-refractivity contribution < 1.29 is 19.4 Å². The Morgan fingerprint density at radius 2 is 1.88 bits per heavy atom. The lowest BCUT2D eigenvalue weighted by Crippen LogP contribution is -2.54. The van der Waals surface area contributed by atoms with E-state index in [9.17, 15) is 14.7 Å². The second kappa shape index (κ2) is 8.01. The molecule has 1 atom stereocenters. The number of benzene rings is 2. The Hall–Kier alpha value is -2.56. The molecule has 0 spiro atoms. The zero-order valence-corrected chi connectivity index (χ0v) is 15.0. The lowest BCUT2D eigenvalue weighted by Gasteiger charge is -2.31. The smallest absolute Gasteiger partial charge is 0.331 e. The van der Waals surface area contributed by atoms with Gasteiger partial charge in [-0.15, -0.1) is 0 Å². The van der Waals surface area contributed by atoms with Crippen LogP contribution in [-0.2, 0) is 9.53 Å². The number of hydrogen-bond donors (Lipinski definition) is 2. The van der Waals surface area contributed by atoms with Gasteiger partial charge in [0, 0.05) is 5.39 Å². The Kier molecular flexibility index (Phi) is 6.02. The predicted molar refractivity (Wildman–Crippen MR) is 97.6 cm³/mol. The van der Waals surface area contributed by atoms with Gasteiger partial charge in [-0.2, -0.15) is 0 Å². The average molecular weight is 343 g/mol. The molecule has 0 heterocycles. The van der Waals surface area contributed by atoms with Crippen molar-refractivity contribution in [2.45, 2.75) is 45.1 Å². The van der Waals surface area contributed by atoms with Crippen LogP contribution < -0.4 is 5.32 Å². The van der Waals surface area contributed by atoms with E-state index >= 15 is 0 Å². The second-order valence-electron chi connectivity index (χ2n) is 6.17. The van der Waals surface area contributed by atoms with Crippen molar-refractivity contribution >= 4 is 22.6 Å². The van der Waals surface area contributed by atoms with Crippen molar-refractivity contribution in [1.82, 2.24) is 5.32 Å². The normalized spacial score (nSPS) is 13.2. The summed E-state index contributed by atoms with van der Waals surface area (Å²) in [6.07, 6.45) is 2.59. The summed E-state index contributed by atoms with van der Waals surface area (Å²) < 4.78 is 4.92. The maximum Gasteiger partial charge on any atom is 0.331 e. The maximum atomic E-state index is 12.8. The minimum atomic E-state index is -1.08. The molecular formula is C20H25NO4. The molecule has 0 fully saturated rings. The van der Waals surface area contributed by atoms with Crippen LogP contribution in [0.25, 0.3) is 10.8 Å². The fourth-order valence-corrected chi connectivity index (χ4v) is 3.02. The summed E-state index contributed by atoms with van der Waals surface area (Å²) in [7, 11) is 1.32. The largest absolute Gasteiger partial charge is 0.506 e. The molecule has 2 N–H and O–H groups in total. The highest BCUT2D eigenvalue weighted by Gasteiger charge is 2.39. The summed E-state index contributed by atoms with van der Waals surface area (Å²) in [4.78, 5) is 25.1. The highest BCUT2D eigenvalue weighted by Crippen LogP contribution is 2.29. The van der Waals surface area contributed by atoms with Crippen LogP contribution in [0.2, 0.25) is 0 Å². The van der Waals surface area contributed by atoms with E-state index in [4.69, 9.17) is 4.74 Å². The summed E-state index contributed by atoms with van der Waals surface area (Å²) in [5.74, 6) is -1.02. The van der Waals surface area contributed by atoms with E-state index in [0.717, 1.165) is 18.2 Å². The fraction of sp³-hybridized carbons (Fsp3) is 0.400. The standard InChI is InChI=1S/C20H25NO4/c1-4-6-13-20(5-2,19(24)25-3)21-18(23)16-12-11-14-9-7-8-10-15(14)17(16)22/h7-12,22H,4-6,13H2,1-3H3,(H,21,23). The third-order valence-corrected chi connectivity index (χ3v) is 4.63. The first kappa shape index (κ1) is 18.8. The van der Waals surface area contributed by atoms with Crippen molar-refractivity contribution in [3.63, 3.8) is 0 Å². The van der Waals surface area contributed by atoms with Crippen molar-refractivity contribution in [2.24, 2.45) is 0 Å². The molecule has 0 radical (unpaired) electrons. The molecule has 0 aliphatic heterocycles. The Labute approximate surface area is 148 Å². The van der Waals surface area contributed by atoms with Crippen LogP contribution in [0, 0.1) is 0 Å². The number of amides is 1. The summed E-state index contributed by atoms with van der Waals surface area (Å²) in [6, 6.07) is 10.6. The molecule has 1 unspecified atom stereocenters. The minimum absolute atomic E-state index is 0.0824. The number of carbonyl (C=O) groups is 2. The quantitative estimate of drug-likeness (QED) is 0.750. The summed E-state index contributed by atoms with van der Waals surface area (Å²) >= 11 is 0. The zero-order valence-electron chi connectivity index (χ0n) is 15.0. The number of methoxy groups -OCH3 is 1. The van der Waals surface area contributed by atoms with Crippen LogP contribution in [0.5, 0.6) is 5.75 Å². The molecule has 5 heteroatoms. The molecule has 0 saturated carbocycles. The van der Waals surface area contributed by atoms with E-state index in [2.05, 4.69) is 5.32 Å². The summed E-state index contributed by atoms with van der Waals surface area (Å²) in [6.45, 7) is 3.86. The molecule has 0 saturated heterocycles. The van der Waals surface area contributed by atoms with Gasteiger partial charge in [-0.05, 0) is 24.3 Å². The van der Waals surface area contributed by atoms with Crippen molar-refractivity contribution in [3.05, 3.63) is 42.0 Å². The maximum absolute atomic E-state index is 12.8. The monoisotopic (exact) mass is 343 g/mol. The van der Waals surface area contributed by atoms with Crippen LogP contribution in [0.1, 0.15) is 49.9 Å². The third kappa shape index (κ3) is 3.76. The van der Waals surface area contributed by atoms with Gasteiger partial charge in [0.05, 0.1) is 12.7 Å². The number of phenolic OH excluding ortho intramolecular Hbond substituents is 1. The van der Waals surface area contributed by atoms with E-state index in [-0.39, 0.29) is 11.3 Å². The number of hydrogen-bond acceptors (Lipinski definition) is 4. The Morgan fingerprint density at radius 1 is 1.16 bits per heavy atom. The number of unbranched alkanes of at least 4 members (excludes halogenated alkanes) is 1. The Balaban J connectivity index is 2.38. The summed E-state index contributed by atoms with van der Waals surface area (Å²) in [5, 5.41) is 14.7. The van der Waals surface area contributed by atoms with Gasteiger partial charge >= 0.3 is 5.97 Å². The fourth-order valence-electron chi connectivity index (χ4n) is 3.02. The van der Waals surface area contributed by atoms with Crippen molar-refractivity contribution in [3.8, 4) is 5.75 Å². The van der Waals surface area contributed by atoms with E-state index < -0.39 is 17.4 Å². The average Bonchev–Trinajstić information content (AvgIpc) is 2.64. The third-order valence-electron chi connectivity index (χ3n) is 4.63. The van der Waals surface area contributed by atoms with E-state index in [1.54, 1.807) is 24.3 Å². The van der Waals surface area contributed by atoms with Crippen LogP contribution >= 0.6 is 0 Å². The topological polar surface area (TPSA) is 75.6 Å². The van der Waals surface area contributed by atoms with Crippen LogP contribution in [-0.4, -0.2) is 29.6 Å². The molecule has 0 aromatic heterocycles. The predicted octanol–water partition coefficient (Wildman–Crippen LogP) is 3.79. The number of ether oxygens (including phenoxy) is 1. The molecule has 0 bridgehead atoms. The molecule has 2 rings (SSSR count). The lowest BCUT2D eigenvalue weighted by atomic mass is 9.89. The number of rotatable bonds is 7. The van der Waals surface area contributed by atoms with Gasteiger partial charge in [0.2, 0.25) is 0 Å². The Bertz CT molecular complexity index is 771. The van der Waals surface area contributed by atoms with Gasteiger partial charge < -0.3 is 15.2 Å². The van der Waals surface area contributed by atoms with Gasteiger partial charge in [0.25, 0.3) is 5.91 Å². The van der Waals surface area contributed by atoms with Gasteiger partial charge in [0.1, 0.15) is 11.3 Å². The Morgan fingerprint density at radius 3 is 2.52 bits per heavy atom. The SMILES string of the molecule is CCCCC(CC)(NC(=O)c1ccc2ccccc2c1O)C(=O)OC. The van der Waals surface area contributed by atoms with E-state index in [1.165, 1.54) is 7.11 Å². The highest BCUT2D eigenvalue weighted by molar-refractivity contribution is 6.05. The first-order chi connectivity index (χ1) is 12.0. The molecule has 0 aliphatic rings. The molecule has 0 aliphatic carbocycles. The molecule has 2 aromatic carbocycles. The minimum Gasteiger partial charge on any atom is -0.506 e.